The maximum absolute atomic E-state index is 9.93. The molecule has 0 spiro atoms. The molecular formula is C12H18N4OS. The number of aliphatic hydroxyl groups excluding tert-OH is 1. The van der Waals surface area contributed by atoms with E-state index in [1.54, 1.807) is 24.0 Å². The van der Waals surface area contributed by atoms with Crippen molar-refractivity contribution in [3.05, 3.63) is 35.0 Å². The molecule has 0 saturated carbocycles. The van der Waals surface area contributed by atoms with Crippen molar-refractivity contribution in [2.45, 2.75) is 32.0 Å². The summed E-state index contributed by atoms with van der Waals surface area (Å²) in [5, 5.41) is 21.3. The van der Waals surface area contributed by atoms with Crippen molar-refractivity contribution in [3.63, 3.8) is 0 Å². The first-order valence-corrected chi connectivity index (χ1v) is 6.96. The van der Waals surface area contributed by atoms with Crippen molar-refractivity contribution in [1.82, 2.24) is 20.1 Å². The van der Waals surface area contributed by atoms with Gasteiger partial charge in [-0.25, -0.2) is 4.98 Å². The molecule has 0 aromatic carbocycles. The van der Waals surface area contributed by atoms with E-state index in [1.165, 1.54) is 0 Å². The second-order valence-electron chi connectivity index (χ2n) is 4.33. The van der Waals surface area contributed by atoms with Gasteiger partial charge < -0.3 is 10.4 Å². The van der Waals surface area contributed by atoms with E-state index in [1.807, 2.05) is 21.5 Å². The van der Waals surface area contributed by atoms with Crippen LogP contribution >= 0.6 is 11.3 Å². The van der Waals surface area contributed by atoms with Crippen LogP contribution in [0.2, 0.25) is 0 Å². The highest BCUT2D eigenvalue weighted by Crippen LogP contribution is 2.15. The highest BCUT2D eigenvalue weighted by molar-refractivity contribution is 7.07. The highest BCUT2D eigenvalue weighted by atomic mass is 32.1. The van der Waals surface area contributed by atoms with Crippen molar-refractivity contribution in [2.24, 2.45) is 0 Å². The van der Waals surface area contributed by atoms with Crippen LogP contribution in [0.25, 0.3) is 0 Å². The fourth-order valence-electron chi connectivity index (χ4n) is 1.67. The molecule has 0 aliphatic carbocycles. The molecule has 2 heterocycles. The van der Waals surface area contributed by atoms with Gasteiger partial charge in [-0.2, -0.15) is 16.4 Å². The van der Waals surface area contributed by atoms with Crippen molar-refractivity contribution in [1.29, 1.82) is 0 Å². The zero-order valence-electron chi connectivity index (χ0n) is 10.4. The molecular weight excluding hydrogens is 248 g/mol. The Morgan fingerprint density at radius 1 is 1.56 bits per heavy atom. The summed E-state index contributed by atoms with van der Waals surface area (Å²) in [6.07, 6.45) is 3.79. The third kappa shape index (κ3) is 3.90. The number of aromatic nitrogens is 3. The summed E-state index contributed by atoms with van der Waals surface area (Å²) in [7, 11) is 0. The maximum Gasteiger partial charge on any atom is 0.137 e. The molecule has 5 nitrogen and oxygen atoms in total. The standard InChI is InChI=1S/C12H18N4OS/c1-10(2-4-16-9-13-8-15-16)14-6-12(17)11-3-5-18-7-11/h3,5,7-10,12,14,17H,2,4,6H2,1H3. The lowest BCUT2D eigenvalue weighted by Gasteiger charge is -2.16. The fraction of sp³-hybridized carbons (Fsp3) is 0.500. The van der Waals surface area contributed by atoms with Gasteiger partial charge in [0.2, 0.25) is 0 Å². The number of aliphatic hydroxyl groups is 1. The van der Waals surface area contributed by atoms with E-state index >= 15 is 0 Å². The van der Waals surface area contributed by atoms with E-state index in [0.717, 1.165) is 18.5 Å². The summed E-state index contributed by atoms with van der Waals surface area (Å²) in [4.78, 5) is 3.90. The molecule has 2 N–H and O–H groups in total. The van der Waals surface area contributed by atoms with Gasteiger partial charge in [0.05, 0.1) is 6.10 Å². The van der Waals surface area contributed by atoms with E-state index in [9.17, 15) is 5.11 Å². The first-order valence-electron chi connectivity index (χ1n) is 6.01. The van der Waals surface area contributed by atoms with Crippen LogP contribution in [0.15, 0.2) is 29.5 Å². The van der Waals surface area contributed by atoms with Crippen LogP contribution in [0.3, 0.4) is 0 Å². The number of hydrogen-bond acceptors (Lipinski definition) is 5. The molecule has 0 saturated heterocycles. The van der Waals surface area contributed by atoms with Crippen LogP contribution in [0, 0.1) is 0 Å². The van der Waals surface area contributed by atoms with Crippen LogP contribution in [0.1, 0.15) is 25.0 Å². The Morgan fingerprint density at radius 3 is 3.11 bits per heavy atom. The summed E-state index contributed by atoms with van der Waals surface area (Å²) < 4.78 is 1.81. The first kappa shape index (κ1) is 13.2. The average molecular weight is 266 g/mol. The molecule has 0 amide bonds. The summed E-state index contributed by atoms with van der Waals surface area (Å²) in [5.41, 5.74) is 0.982. The second kappa shape index (κ2) is 6.63. The molecule has 98 valence electrons. The Balaban J connectivity index is 1.67. The maximum atomic E-state index is 9.93. The second-order valence-corrected chi connectivity index (χ2v) is 5.11. The van der Waals surface area contributed by atoms with Crippen LogP contribution in [0.4, 0.5) is 0 Å². The SMILES string of the molecule is CC(CCn1cncn1)NCC(O)c1ccsc1. The van der Waals surface area contributed by atoms with E-state index in [2.05, 4.69) is 22.3 Å². The highest BCUT2D eigenvalue weighted by Gasteiger charge is 2.09. The summed E-state index contributed by atoms with van der Waals surface area (Å²) >= 11 is 1.60. The molecule has 0 bridgehead atoms. The Hall–Kier alpha value is -1.24. The van der Waals surface area contributed by atoms with E-state index < -0.39 is 6.10 Å². The predicted molar refractivity (Wildman–Crippen MR) is 71.4 cm³/mol. The van der Waals surface area contributed by atoms with Gasteiger partial charge in [-0.1, -0.05) is 0 Å². The van der Waals surface area contributed by atoms with Gasteiger partial charge in [0.25, 0.3) is 0 Å². The van der Waals surface area contributed by atoms with Crippen molar-refractivity contribution in [3.8, 4) is 0 Å². The minimum atomic E-state index is -0.426. The third-order valence-electron chi connectivity index (χ3n) is 2.85. The van der Waals surface area contributed by atoms with E-state index in [0.29, 0.717) is 12.6 Å². The number of nitrogens with one attached hydrogen (secondary N) is 1. The lowest BCUT2D eigenvalue weighted by molar-refractivity contribution is 0.170. The quantitative estimate of drug-likeness (QED) is 0.796. The van der Waals surface area contributed by atoms with Crippen molar-refractivity contribution in [2.75, 3.05) is 6.54 Å². The molecule has 2 atom stereocenters. The normalized spacial score (nSPS) is 14.6. The molecule has 6 heteroatoms. The molecule has 0 aliphatic rings. The summed E-state index contributed by atoms with van der Waals surface area (Å²) in [6.45, 7) is 3.52. The van der Waals surface area contributed by atoms with Gasteiger partial charge >= 0.3 is 0 Å². The topological polar surface area (TPSA) is 63.0 Å². The van der Waals surface area contributed by atoms with E-state index in [4.69, 9.17) is 0 Å². The number of thiophene rings is 1. The van der Waals surface area contributed by atoms with Crippen molar-refractivity contribution < 1.29 is 5.11 Å². The smallest absolute Gasteiger partial charge is 0.137 e. The number of rotatable bonds is 7. The van der Waals surface area contributed by atoms with Gasteiger partial charge in [-0.05, 0) is 35.7 Å². The minimum Gasteiger partial charge on any atom is -0.387 e. The average Bonchev–Trinajstić information content (AvgIpc) is 3.05. The third-order valence-corrected chi connectivity index (χ3v) is 3.55. The Bertz CT molecular complexity index is 429. The molecule has 0 aliphatic heterocycles. The van der Waals surface area contributed by atoms with Crippen LogP contribution in [-0.2, 0) is 6.54 Å². The minimum absolute atomic E-state index is 0.336. The lowest BCUT2D eigenvalue weighted by Crippen LogP contribution is -2.31. The van der Waals surface area contributed by atoms with Gasteiger partial charge in [-0.15, -0.1) is 0 Å². The molecule has 2 aromatic rings. The van der Waals surface area contributed by atoms with Crippen LogP contribution in [0.5, 0.6) is 0 Å². The molecule has 18 heavy (non-hydrogen) atoms. The number of aryl methyl sites for hydroxylation is 1. The van der Waals surface area contributed by atoms with Crippen LogP contribution < -0.4 is 5.32 Å². The monoisotopic (exact) mass is 266 g/mol. The number of nitrogens with zero attached hydrogens (tertiary/aromatic N) is 3. The molecule has 2 unspecified atom stereocenters. The first-order chi connectivity index (χ1) is 8.75. The Morgan fingerprint density at radius 2 is 2.44 bits per heavy atom. The molecule has 2 rings (SSSR count). The molecule has 2 aromatic heterocycles. The van der Waals surface area contributed by atoms with Gasteiger partial charge in [0.15, 0.2) is 0 Å². The zero-order valence-corrected chi connectivity index (χ0v) is 11.2. The fourth-order valence-corrected chi connectivity index (χ4v) is 2.38. The Labute approximate surface area is 110 Å². The number of hydrogen-bond donors (Lipinski definition) is 2. The predicted octanol–water partition coefficient (Wildman–Crippen LogP) is 1.44. The van der Waals surface area contributed by atoms with Gasteiger partial charge in [0, 0.05) is 19.1 Å². The molecule has 0 fully saturated rings. The van der Waals surface area contributed by atoms with E-state index in [-0.39, 0.29) is 0 Å². The zero-order chi connectivity index (χ0) is 12.8. The molecule has 0 radical (unpaired) electrons. The van der Waals surface area contributed by atoms with Crippen LogP contribution in [-0.4, -0.2) is 32.5 Å². The summed E-state index contributed by atoms with van der Waals surface area (Å²) in [5.74, 6) is 0. The largest absolute Gasteiger partial charge is 0.387 e. The van der Waals surface area contributed by atoms with Gasteiger partial charge in [-0.3, -0.25) is 4.68 Å². The van der Waals surface area contributed by atoms with Crippen molar-refractivity contribution >= 4 is 11.3 Å². The summed E-state index contributed by atoms with van der Waals surface area (Å²) in [6, 6.07) is 2.29. The Kier molecular flexibility index (Phi) is 4.86. The lowest BCUT2D eigenvalue weighted by atomic mass is 10.1. The van der Waals surface area contributed by atoms with Gasteiger partial charge in [0.1, 0.15) is 12.7 Å².